The molecule has 0 saturated heterocycles. The van der Waals surface area contributed by atoms with Crippen LogP contribution in [0.5, 0.6) is 11.6 Å². The number of para-hydroxylation sites is 2. The Kier molecular flexibility index (Phi) is 3.89. The molecule has 0 aliphatic carbocycles. The molecule has 0 aliphatic heterocycles. The average molecular weight is 340 g/mol. The highest BCUT2D eigenvalue weighted by Crippen LogP contribution is 2.35. The first-order valence-electron chi connectivity index (χ1n) is 5.20. The third-order valence-corrected chi connectivity index (χ3v) is 2.70. The van der Waals surface area contributed by atoms with Crippen LogP contribution in [0.3, 0.4) is 0 Å². The first-order valence-corrected chi connectivity index (χ1v) is 5.99. The fourth-order valence-corrected chi connectivity index (χ4v) is 1.74. The zero-order valence-electron chi connectivity index (χ0n) is 9.72. The second-order valence-electron chi connectivity index (χ2n) is 3.56. The monoisotopic (exact) mass is 339 g/mol. The second-order valence-corrected chi connectivity index (χ2v) is 4.48. The van der Waals surface area contributed by atoms with Crippen molar-refractivity contribution in [3.8, 4) is 11.6 Å². The van der Waals surface area contributed by atoms with E-state index in [1.165, 1.54) is 36.5 Å². The van der Waals surface area contributed by atoms with E-state index in [2.05, 4.69) is 20.9 Å². The first-order chi connectivity index (χ1) is 9.49. The van der Waals surface area contributed by atoms with Gasteiger partial charge in [0.25, 0.3) is 5.88 Å². The van der Waals surface area contributed by atoms with Crippen LogP contribution in [0.4, 0.5) is 11.4 Å². The molecule has 0 N–H and O–H groups in total. The molecule has 1 aromatic heterocycles. The largest absolute Gasteiger partial charge is 0.426 e. The number of hydrogen-bond donors (Lipinski definition) is 0. The minimum Gasteiger partial charge on any atom is -0.426 e. The van der Waals surface area contributed by atoms with Crippen LogP contribution in [0.2, 0.25) is 0 Å². The summed E-state index contributed by atoms with van der Waals surface area (Å²) in [6.45, 7) is 0. The van der Waals surface area contributed by atoms with Gasteiger partial charge >= 0.3 is 11.4 Å². The molecule has 2 aromatic rings. The van der Waals surface area contributed by atoms with E-state index >= 15 is 0 Å². The van der Waals surface area contributed by atoms with Gasteiger partial charge in [-0.3, -0.25) is 20.2 Å². The number of nitro groups is 2. The summed E-state index contributed by atoms with van der Waals surface area (Å²) in [5.74, 6) is -0.428. The molecule has 0 saturated carbocycles. The van der Waals surface area contributed by atoms with E-state index < -0.39 is 15.5 Å². The molecule has 0 atom stereocenters. The van der Waals surface area contributed by atoms with E-state index in [1.54, 1.807) is 0 Å². The SMILES string of the molecule is O=[N+]([O-])c1ccccc1Oc1ncc(Br)cc1[N+](=O)[O-]. The molecule has 0 fully saturated rings. The number of aromatic nitrogens is 1. The van der Waals surface area contributed by atoms with E-state index in [4.69, 9.17) is 4.74 Å². The quantitative estimate of drug-likeness (QED) is 0.623. The lowest BCUT2D eigenvalue weighted by Crippen LogP contribution is -1.98. The normalized spacial score (nSPS) is 10.1. The van der Waals surface area contributed by atoms with Crippen LogP contribution in [0.1, 0.15) is 0 Å². The van der Waals surface area contributed by atoms with E-state index in [-0.39, 0.29) is 17.3 Å². The van der Waals surface area contributed by atoms with Crippen molar-refractivity contribution in [1.29, 1.82) is 0 Å². The maximum atomic E-state index is 10.9. The van der Waals surface area contributed by atoms with Crippen LogP contribution >= 0.6 is 15.9 Å². The van der Waals surface area contributed by atoms with Gasteiger partial charge in [0.2, 0.25) is 5.75 Å². The molecular formula is C11H6BrN3O5. The Balaban J connectivity index is 2.45. The third-order valence-electron chi connectivity index (χ3n) is 2.26. The number of nitro benzene ring substituents is 1. The van der Waals surface area contributed by atoms with Crippen LogP contribution in [0.15, 0.2) is 41.0 Å². The molecule has 20 heavy (non-hydrogen) atoms. The Hall–Kier alpha value is -2.55. The fourth-order valence-electron chi connectivity index (χ4n) is 1.42. The smallest absolute Gasteiger partial charge is 0.332 e. The molecule has 0 spiro atoms. The van der Waals surface area contributed by atoms with Crippen LogP contribution in [-0.4, -0.2) is 14.8 Å². The highest BCUT2D eigenvalue weighted by Gasteiger charge is 2.22. The minimum atomic E-state index is -0.679. The minimum absolute atomic E-state index is 0.115. The number of halogens is 1. The van der Waals surface area contributed by atoms with Crippen molar-refractivity contribution in [1.82, 2.24) is 4.98 Å². The van der Waals surface area contributed by atoms with E-state index in [0.717, 1.165) is 0 Å². The lowest BCUT2D eigenvalue weighted by molar-refractivity contribution is -0.387. The van der Waals surface area contributed by atoms with Gasteiger partial charge in [-0.1, -0.05) is 12.1 Å². The molecule has 2 rings (SSSR count). The number of hydrogen-bond acceptors (Lipinski definition) is 6. The average Bonchev–Trinajstić information content (AvgIpc) is 2.41. The van der Waals surface area contributed by atoms with Gasteiger partial charge in [0, 0.05) is 22.8 Å². The van der Waals surface area contributed by atoms with Gasteiger partial charge in [-0.25, -0.2) is 4.98 Å². The molecule has 102 valence electrons. The van der Waals surface area contributed by atoms with Crippen molar-refractivity contribution in [3.05, 3.63) is 61.2 Å². The zero-order chi connectivity index (χ0) is 14.7. The molecule has 1 aromatic carbocycles. The Morgan fingerprint density at radius 1 is 1.10 bits per heavy atom. The predicted octanol–water partition coefficient (Wildman–Crippen LogP) is 3.45. The second kappa shape index (κ2) is 5.61. The number of benzene rings is 1. The van der Waals surface area contributed by atoms with Crippen LogP contribution < -0.4 is 4.74 Å². The molecule has 0 bridgehead atoms. The van der Waals surface area contributed by atoms with Crippen molar-refractivity contribution in [2.45, 2.75) is 0 Å². The fraction of sp³-hybridized carbons (Fsp3) is 0. The summed E-state index contributed by atoms with van der Waals surface area (Å²) in [7, 11) is 0. The Labute approximate surface area is 120 Å². The lowest BCUT2D eigenvalue weighted by atomic mass is 10.3. The number of pyridine rings is 1. The zero-order valence-corrected chi connectivity index (χ0v) is 11.3. The summed E-state index contributed by atoms with van der Waals surface area (Å²) >= 11 is 3.06. The van der Waals surface area contributed by atoms with Gasteiger partial charge in [0.1, 0.15) is 0 Å². The topological polar surface area (TPSA) is 108 Å². The molecule has 9 heteroatoms. The van der Waals surface area contributed by atoms with Crippen molar-refractivity contribution >= 4 is 27.3 Å². The van der Waals surface area contributed by atoms with Crippen molar-refractivity contribution < 1.29 is 14.6 Å². The van der Waals surface area contributed by atoms with Crippen LogP contribution in [-0.2, 0) is 0 Å². The van der Waals surface area contributed by atoms with Gasteiger partial charge in [-0.2, -0.15) is 0 Å². The summed E-state index contributed by atoms with van der Waals surface area (Å²) < 4.78 is 5.60. The maximum Gasteiger partial charge on any atom is 0.332 e. The van der Waals surface area contributed by atoms with E-state index in [1.807, 2.05) is 0 Å². The lowest BCUT2D eigenvalue weighted by Gasteiger charge is -2.05. The molecule has 0 unspecified atom stereocenters. The van der Waals surface area contributed by atoms with E-state index in [0.29, 0.717) is 4.47 Å². The molecular weight excluding hydrogens is 334 g/mol. The maximum absolute atomic E-state index is 10.9. The molecule has 0 radical (unpaired) electrons. The van der Waals surface area contributed by atoms with Gasteiger partial charge in [0.05, 0.1) is 9.85 Å². The summed E-state index contributed by atoms with van der Waals surface area (Å²) in [6.07, 6.45) is 1.30. The van der Waals surface area contributed by atoms with Gasteiger partial charge in [-0.05, 0) is 22.0 Å². The summed E-state index contributed by atoms with van der Waals surface area (Å²) in [5.41, 5.74) is -0.691. The van der Waals surface area contributed by atoms with Crippen LogP contribution in [0, 0.1) is 20.2 Å². The molecule has 0 amide bonds. The highest BCUT2D eigenvalue weighted by molar-refractivity contribution is 9.10. The Bertz CT molecular complexity index is 692. The van der Waals surface area contributed by atoms with Gasteiger partial charge in [-0.15, -0.1) is 0 Å². The number of rotatable bonds is 4. The van der Waals surface area contributed by atoms with Crippen molar-refractivity contribution in [2.75, 3.05) is 0 Å². The molecule has 1 heterocycles. The van der Waals surface area contributed by atoms with Crippen molar-refractivity contribution in [3.63, 3.8) is 0 Å². The van der Waals surface area contributed by atoms with Gasteiger partial charge in [0.15, 0.2) is 0 Å². The summed E-state index contributed by atoms with van der Waals surface area (Å²) in [6, 6.07) is 6.77. The van der Waals surface area contributed by atoms with Gasteiger partial charge < -0.3 is 4.74 Å². The first kappa shape index (κ1) is 13.9. The summed E-state index contributed by atoms with van der Waals surface area (Å²) in [4.78, 5) is 24.2. The summed E-state index contributed by atoms with van der Waals surface area (Å²) in [5, 5.41) is 21.8. The number of ether oxygens (including phenoxy) is 1. The van der Waals surface area contributed by atoms with E-state index in [9.17, 15) is 20.2 Å². The third kappa shape index (κ3) is 2.88. The number of nitrogens with zero attached hydrogens (tertiary/aromatic N) is 3. The Morgan fingerprint density at radius 3 is 2.40 bits per heavy atom. The predicted molar refractivity (Wildman–Crippen MR) is 71.8 cm³/mol. The Morgan fingerprint density at radius 2 is 1.75 bits per heavy atom. The van der Waals surface area contributed by atoms with Crippen LogP contribution in [0.25, 0.3) is 0 Å². The molecule has 0 aliphatic rings. The van der Waals surface area contributed by atoms with Crippen molar-refractivity contribution in [2.24, 2.45) is 0 Å². The molecule has 8 nitrogen and oxygen atoms in total. The highest BCUT2D eigenvalue weighted by atomic mass is 79.9. The standard InChI is InChI=1S/C11H6BrN3O5/c12-7-5-9(15(18)19)11(13-6-7)20-10-4-2-1-3-8(10)14(16)17/h1-6H.